The van der Waals surface area contributed by atoms with Gasteiger partial charge >= 0.3 is 0 Å². The van der Waals surface area contributed by atoms with E-state index in [1.807, 2.05) is 61.5 Å². The molecule has 0 fully saturated rings. The van der Waals surface area contributed by atoms with E-state index in [9.17, 15) is 0 Å². The maximum atomic E-state index is 6.18. The Morgan fingerprint density at radius 3 is 2.50 bits per heavy atom. The second-order valence-electron chi connectivity index (χ2n) is 7.65. The van der Waals surface area contributed by atoms with Crippen molar-refractivity contribution in [1.29, 1.82) is 0 Å². The SMILES string of the molecule is Cc1cccc(NC(=S)Nc2cccnc2Oc2ccccc2C(C)(C)C)c1. The summed E-state index contributed by atoms with van der Waals surface area (Å²) < 4.78 is 6.18. The largest absolute Gasteiger partial charge is 0.437 e. The number of ether oxygens (including phenoxy) is 1. The maximum Gasteiger partial charge on any atom is 0.243 e. The molecule has 0 unspecified atom stereocenters. The Balaban J connectivity index is 1.80. The Bertz CT molecular complexity index is 979. The Kier molecular flexibility index (Phi) is 5.95. The summed E-state index contributed by atoms with van der Waals surface area (Å²) in [5, 5.41) is 6.86. The van der Waals surface area contributed by atoms with E-state index >= 15 is 0 Å². The number of benzene rings is 2. The number of thiocarbonyl (C=S) groups is 1. The van der Waals surface area contributed by atoms with E-state index in [0.717, 1.165) is 22.6 Å². The second kappa shape index (κ2) is 8.40. The first-order valence-corrected chi connectivity index (χ1v) is 9.61. The summed E-state index contributed by atoms with van der Waals surface area (Å²) in [6, 6.07) is 19.8. The van der Waals surface area contributed by atoms with Crippen molar-refractivity contribution >= 4 is 28.7 Å². The zero-order valence-electron chi connectivity index (χ0n) is 16.6. The van der Waals surface area contributed by atoms with Crippen LogP contribution in [-0.4, -0.2) is 10.1 Å². The van der Waals surface area contributed by atoms with Gasteiger partial charge in [0.15, 0.2) is 5.11 Å². The summed E-state index contributed by atoms with van der Waals surface area (Å²) in [5.74, 6) is 1.27. The van der Waals surface area contributed by atoms with Crippen LogP contribution in [0.15, 0.2) is 66.9 Å². The molecule has 0 atom stereocenters. The molecule has 1 heterocycles. The second-order valence-corrected chi connectivity index (χ2v) is 8.06. The molecule has 2 N–H and O–H groups in total. The molecular formula is C23H25N3OS. The van der Waals surface area contributed by atoms with Crippen LogP contribution >= 0.6 is 12.2 Å². The number of aromatic nitrogens is 1. The molecule has 28 heavy (non-hydrogen) atoms. The third kappa shape index (κ3) is 5.08. The molecule has 5 heteroatoms. The molecule has 3 rings (SSSR count). The van der Waals surface area contributed by atoms with Crippen LogP contribution in [0.25, 0.3) is 0 Å². The molecule has 4 nitrogen and oxygen atoms in total. The van der Waals surface area contributed by atoms with Gasteiger partial charge in [-0.05, 0) is 60.5 Å². The summed E-state index contributed by atoms with van der Waals surface area (Å²) in [6.45, 7) is 8.52. The van der Waals surface area contributed by atoms with Gasteiger partial charge in [-0.1, -0.05) is 51.1 Å². The molecule has 0 saturated carbocycles. The van der Waals surface area contributed by atoms with Crippen molar-refractivity contribution in [3.8, 4) is 11.6 Å². The molecule has 0 aliphatic heterocycles. The third-order valence-corrected chi connectivity index (χ3v) is 4.40. The van der Waals surface area contributed by atoms with Crippen molar-refractivity contribution in [1.82, 2.24) is 4.98 Å². The lowest BCUT2D eigenvalue weighted by Gasteiger charge is -2.23. The minimum Gasteiger partial charge on any atom is -0.437 e. The lowest BCUT2D eigenvalue weighted by molar-refractivity contribution is 0.442. The van der Waals surface area contributed by atoms with Crippen LogP contribution in [0.4, 0.5) is 11.4 Å². The fourth-order valence-electron chi connectivity index (χ4n) is 2.85. The number of aryl methyl sites for hydroxylation is 1. The molecule has 0 radical (unpaired) electrons. The number of anilines is 2. The zero-order valence-corrected chi connectivity index (χ0v) is 17.4. The van der Waals surface area contributed by atoms with Gasteiger partial charge in [-0.15, -0.1) is 0 Å². The molecule has 0 aliphatic carbocycles. The van der Waals surface area contributed by atoms with E-state index in [1.54, 1.807) is 6.20 Å². The Labute approximate surface area is 172 Å². The summed E-state index contributed by atoms with van der Waals surface area (Å²) in [4.78, 5) is 4.40. The molecule has 3 aromatic rings. The molecule has 0 bridgehead atoms. The molecule has 2 aromatic carbocycles. The van der Waals surface area contributed by atoms with Gasteiger partial charge in [0, 0.05) is 17.4 Å². The average Bonchev–Trinajstić information content (AvgIpc) is 2.63. The van der Waals surface area contributed by atoms with Crippen LogP contribution in [-0.2, 0) is 5.41 Å². The fourth-order valence-corrected chi connectivity index (χ4v) is 3.08. The van der Waals surface area contributed by atoms with Gasteiger partial charge in [0.2, 0.25) is 5.88 Å². The van der Waals surface area contributed by atoms with Crippen molar-refractivity contribution in [2.24, 2.45) is 0 Å². The lowest BCUT2D eigenvalue weighted by atomic mass is 9.86. The molecule has 144 valence electrons. The standard InChI is InChI=1S/C23H25N3OS/c1-16-9-7-10-17(15-16)25-22(28)26-19-12-8-14-24-21(19)27-20-13-6-5-11-18(20)23(2,3)4/h5-15H,1-4H3,(H2,25,26,28). The Morgan fingerprint density at radius 2 is 1.75 bits per heavy atom. The van der Waals surface area contributed by atoms with Crippen molar-refractivity contribution in [3.63, 3.8) is 0 Å². The van der Waals surface area contributed by atoms with E-state index in [1.165, 1.54) is 0 Å². The van der Waals surface area contributed by atoms with Crippen molar-refractivity contribution < 1.29 is 4.74 Å². The highest BCUT2D eigenvalue weighted by Crippen LogP contribution is 2.35. The van der Waals surface area contributed by atoms with Gasteiger partial charge in [0.25, 0.3) is 0 Å². The number of hydrogen-bond acceptors (Lipinski definition) is 3. The van der Waals surface area contributed by atoms with Crippen LogP contribution < -0.4 is 15.4 Å². The van der Waals surface area contributed by atoms with Crippen LogP contribution in [0, 0.1) is 6.92 Å². The predicted molar refractivity (Wildman–Crippen MR) is 120 cm³/mol. The first kappa shape index (κ1) is 19.8. The molecule has 0 spiro atoms. The Hall–Kier alpha value is -2.92. The van der Waals surface area contributed by atoms with Crippen molar-refractivity contribution in [2.45, 2.75) is 33.1 Å². The van der Waals surface area contributed by atoms with E-state index in [4.69, 9.17) is 17.0 Å². The number of nitrogens with one attached hydrogen (secondary N) is 2. The minimum absolute atomic E-state index is 0.0407. The number of para-hydroxylation sites is 1. The fraction of sp³-hybridized carbons (Fsp3) is 0.217. The first-order chi connectivity index (χ1) is 13.3. The van der Waals surface area contributed by atoms with E-state index in [2.05, 4.69) is 42.5 Å². The normalized spacial score (nSPS) is 11.0. The molecular weight excluding hydrogens is 366 g/mol. The molecule has 1 aromatic heterocycles. The van der Waals surface area contributed by atoms with Crippen molar-refractivity contribution in [2.75, 3.05) is 10.6 Å². The summed E-state index contributed by atoms with van der Waals surface area (Å²) in [6.07, 6.45) is 1.71. The van der Waals surface area contributed by atoms with Crippen LogP contribution in [0.2, 0.25) is 0 Å². The van der Waals surface area contributed by atoms with Crippen LogP contribution in [0.5, 0.6) is 11.6 Å². The molecule has 0 saturated heterocycles. The number of rotatable bonds is 4. The zero-order chi connectivity index (χ0) is 20.1. The number of nitrogens with zero attached hydrogens (tertiary/aromatic N) is 1. The summed E-state index contributed by atoms with van der Waals surface area (Å²) in [5.41, 5.74) is 3.88. The monoisotopic (exact) mass is 391 g/mol. The van der Waals surface area contributed by atoms with Crippen LogP contribution in [0.1, 0.15) is 31.9 Å². The maximum absolute atomic E-state index is 6.18. The van der Waals surface area contributed by atoms with Gasteiger partial charge in [0.1, 0.15) is 11.4 Å². The molecule has 0 aliphatic rings. The predicted octanol–water partition coefficient (Wildman–Crippen LogP) is 6.29. The first-order valence-electron chi connectivity index (χ1n) is 9.20. The number of pyridine rings is 1. The smallest absolute Gasteiger partial charge is 0.243 e. The highest BCUT2D eigenvalue weighted by Gasteiger charge is 2.20. The topological polar surface area (TPSA) is 46.2 Å². The van der Waals surface area contributed by atoms with Crippen molar-refractivity contribution in [3.05, 3.63) is 78.0 Å². The van der Waals surface area contributed by atoms with Gasteiger partial charge in [-0.25, -0.2) is 4.98 Å². The van der Waals surface area contributed by atoms with E-state index in [-0.39, 0.29) is 5.41 Å². The minimum atomic E-state index is -0.0407. The van der Waals surface area contributed by atoms with Gasteiger partial charge in [-0.3, -0.25) is 0 Å². The Morgan fingerprint density at radius 1 is 0.964 bits per heavy atom. The van der Waals surface area contributed by atoms with Crippen LogP contribution in [0.3, 0.4) is 0 Å². The summed E-state index contributed by atoms with van der Waals surface area (Å²) in [7, 11) is 0. The average molecular weight is 392 g/mol. The van der Waals surface area contributed by atoms with E-state index < -0.39 is 0 Å². The third-order valence-electron chi connectivity index (χ3n) is 4.20. The highest BCUT2D eigenvalue weighted by molar-refractivity contribution is 7.80. The molecule has 0 amide bonds. The lowest BCUT2D eigenvalue weighted by Crippen LogP contribution is -2.19. The quantitative estimate of drug-likeness (QED) is 0.512. The van der Waals surface area contributed by atoms with Gasteiger partial charge in [-0.2, -0.15) is 0 Å². The summed E-state index contributed by atoms with van der Waals surface area (Å²) >= 11 is 5.47. The van der Waals surface area contributed by atoms with Gasteiger partial charge < -0.3 is 15.4 Å². The van der Waals surface area contributed by atoms with Gasteiger partial charge in [0.05, 0.1) is 0 Å². The number of hydrogen-bond donors (Lipinski definition) is 2. The van der Waals surface area contributed by atoms with E-state index in [0.29, 0.717) is 16.7 Å². The highest BCUT2D eigenvalue weighted by atomic mass is 32.1.